The third-order valence-electron chi connectivity index (χ3n) is 4.75. The molecule has 2 atom stereocenters. The van der Waals surface area contributed by atoms with Gasteiger partial charge in [-0.05, 0) is 43.7 Å². The molecule has 0 saturated carbocycles. The zero-order valence-electron chi connectivity index (χ0n) is 17.8. The van der Waals surface area contributed by atoms with Crippen LogP contribution >= 0.6 is 0 Å². The molecular weight excluding hydrogens is 382 g/mol. The monoisotopic (exact) mass is 411 g/mol. The van der Waals surface area contributed by atoms with Crippen LogP contribution in [-0.2, 0) is 0 Å². The number of hydrogen-bond acceptors (Lipinski definition) is 5. The first-order valence-corrected chi connectivity index (χ1v) is 9.98. The highest BCUT2D eigenvalue weighted by Crippen LogP contribution is 2.27. The van der Waals surface area contributed by atoms with E-state index in [1.54, 1.807) is 32.4 Å². The number of methoxy groups -OCH3 is 2. The van der Waals surface area contributed by atoms with Crippen molar-refractivity contribution in [1.29, 1.82) is 0 Å². The summed E-state index contributed by atoms with van der Waals surface area (Å²) < 4.78 is 16.5. The molecule has 0 aliphatic rings. The topological polar surface area (TPSA) is 88.3 Å². The molecule has 1 aromatic heterocycles. The number of hydrogen-bond donors (Lipinski definition) is 3. The number of nitrogens with zero attached hydrogens (tertiary/aromatic N) is 1. The molecule has 3 N–H and O–H groups in total. The Balaban J connectivity index is 1.72. The number of aliphatic hydroxyl groups excluding tert-OH is 1. The Kier molecular flexibility index (Phi) is 7.19. The summed E-state index contributed by atoms with van der Waals surface area (Å²) >= 11 is 0. The average molecular weight is 412 g/mol. The summed E-state index contributed by atoms with van der Waals surface area (Å²) in [6.45, 7) is 4.88. The minimum Gasteiger partial charge on any atom is -0.497 e. The quantitative estimate of drug-likeness (QED) is 0.386. The van der Waals surface area contributed by atoms with Crippen LogP contribution in [0, 0.1) is 0 Å². The summed E-state index contributed by atoms with van der Waals surface area (Å²) in [6.07, 6.45) is -0.800. The van der Waals surface area contributed by atoms with Crippen LogP contribution in [0.4, 0.5) is 0 Å². The predicted molar refractivity (Wildman–Crippen MR) is 118 cm³/mol. The number of aliphatic hydroxyl groups is 1. The van der Waals surface area contributed by atoms with Crippen molar-refractivity contribution in [3.63, 3.8) is 0 Å². The van der Waals surface area contributed by atoms with Crippen molar-refractivity contribution in [2.24, 2.45) is 4.99 Å². The van der Waals surface area contributed by atoms with Crippen molar-refractivity contribution in [3.05, 3.63) is 59.9 Å². The number of benzene rings is 2. The van der Waals surface area contributed by atoms with Crippen LogP contribution < -0.4 is 20.1 Å². The normalized spacial score (nSPS) is 13.7. The molecule has 7 heteroatoms. The van der Waals surface area contributed by atoms with Gasteiger partial charge < -0.3 is 29.6 Å². The molecule has 0 spiro atoms. The second kappa shape index (κ2) is 10.0. The molecule has 0 bridgehead atoms. The van der Waals surface area contributed by atoms with Crippen LogP contribution in [0.5, 0.6) is 11.5 Å². The van der Waals surface area contributed by atoms with E-state index < -0.39 is 6.10 Å². The Morgan fingerprint density at radius 1 is 1.10 bits per heavy atom. The third-order valence-corrected chi connectivity index (χ3v) is 4.75. The van der Waals surface area contributed by atoms with E-state index in [9.17, 15) is 5.11 Å². The van der Waals surface area contributed by atoms with Crippen LogP contribution in [-0.4, -0.2) is 38.4 Å². The van der Waals surface area contributed by atoms with Crippen LogP contribution in [0.2, 0.25) is 0 Å². The van der Waals surface area contributed by atoms with Crippen LogP contribution in [0.15, 0.2) is 57.9 Å². The number of guanidine groups is 1. The van der Waals surface area contributed by atoms with Crippen molar-refractivity contribution in [2.75, 3.05) is 27.3 Å². The molecule has 0 amide bonds. The molecule has 2 unspecified atom stereocenters. The lowest BCUT2D eigenvalue weighted by Crippen LogP contribution is -2.39. The fraction of sp³-hybridized carbons (Fsp3) is 0.348. The molecule has 0 aliphatic carbocycles. The van der Waals surface area contributed by atoms with Gasteiger partial charge in [0.1, 0.15) is 22.8 Å². The zero-order valence-corrected chi connectivity index (χ0v) is 17.8. The van der Waals surface area contributed by atoms with Gasteiger partial charge in [-0.1, -0.05) is 18.2 Å². The van der Waals surface area contributed by atoms with Gasteiger partial charge in [0.15, 0.2) is 5.96 Å². The highest BCUT2D eigenvalue weighted by Gasteiger charge is 2.15. The Hall–Kier alpha value is -3.19. The molecular formula is C23H29N3O4. The van der Waals surface area contributed by atoms with Gasteiger partial charge in [-0.15, -0.1) is 0 Å². The number of rotatable bonds is 8. The van der Waals surface area contributed by atoms with Gasteiger partial charge in [0, 0.05) is 18.0 Å². The van der Waals surface area contributed by atoms with E-state index >= 15 is 0 Å². The molecule has 3 rings (SSSR count). The Labute approximate surface area is 176 Å². The lowest BCUT2D eigenvalue weighted by Gasteiger charge is -2.17. The summed E-state index contributed by atoms with van der Waals surface area (Å²) in [6, 6.07) is 15.2. The Bertz CT molecular complexity index is 944. The van der Waals surface area contributed by atoms with E-state index in [2.05, 4.69) is 15.6 Å². The zero-order chi connectivity index (χ0) is 21.5. The van der Waals surface area contributed by atoms with Crippen LogP contribution in [0.1, 0.15) is 37.3 Å². The summed E-state index contributed by atoms with van der Waals surface area (Å²) in [4.78, 5) is 4.54. The molecule has 0 fully saturated rings. The maximum Gasteiger partial charge on any atom is 0.191 e. The van der Waals surface area contributed by atoms with Gasteiger partial charge in [-0.25, -0.2) is 0 Å². The first-order chi connectivity index (χ1) is 14.5. The number of nitrogens with one attached hydrogen (secondary N) is 2. The van der Waals surface area contributed by atoms with Crippen molar-refractivity contribution in [3.8, 4) is 11.5 Å². The van der Waals surface area contributed by atoms with Crippen LogP contribution in [0.25, 0.3) is 11.0 Å². The maximum atomic E-state index is 10.6. The summed E-state index contributed by atoms with van der Waals surface area (Å²) in [5.74, 6) is 2.66. The molecule has 0 aliphatic heterocycles. The van der Waals surface area contributed by atoms with Gasteiger partial charge in [0.05, 0.1) is 32.9 Å². The highest BCUT2D eigenvalue weighted by atomic mass is 16.5. The maximum absolute atomic E-state index is 10.6. The van der Waals surface area contributed by atoms with Crippen molar-refractivity contribution in [2.45, 2.75) is 26.0 Å². The number of furan rings is 1. The minimum absolute atomic E-state index is 0.0933. The third kappa shape index (κ3) is 5.24. The first kappa shape index (κ1) is 21.5. The molecule has 7 nitrogen and oxygen atoms in total. The largest absolute Gasteiger partial charge is 0.497 e. The fourth-order valence-electron chi connectivity index (χ4n) is 3.12. The number of ether oxygens (including phenoxy) is 2. The first-order valence-electron chi connectivity index (χ1n) is 9.98. The molecule has 3 aromatic rings. The van der Waals surface area contributed by atoms with Gasteiger partial charge >= 0.3 is 0 Å². The van der Waals surface area contributed by atoms with E-state index in [1.807, 2.05) is 44.2 Å². The smallest absolute Gasteiger partial charge is 0.191 e. The predicted octanol–water partition coefficient (Wildman–Crippen LogP) is 3.80. The fourth-order valence-corrected chi connectivity index (χ4v) is 3.12. The molecule has 160 valence electrons. The second-order valence-corrected chi connectivity index (χ2v) is 6.93. The lowest BCUT2D eigenvalue weighted by molar-refractivity contribution is 0.186. The molecule has 2 aromatic carbocycles. The number of para-hydroxylation sites is 1. The van der Waals surface area contributed by atoms with Crippen molar-refractivity contribution in [1.82, 2.24) is 10.6 Å². The van der Waals surface area contributed by atoms with E-state index in [0.717, 1.165) is 16.7 Å². The van der Waals surface area contributed by atoms with E-state index in [0.29, 0.717) is 29.6 Å². The Morgan fingerprint density at radius 3 is 2.43 bits per heavy atom. The summed E-state index contributed by atoms with van der Waals surface area (Å²) in [5, 5.41) is 18.2. The van der Waals surface area contributed by atoms with E-state index in [1.165, 1.54) is 0 Å². The minimum atomic E-state index is -0.800. The van der Waals surface area contributed by atoms with E-state index in [4.69, 9.17) is 13.9 Å². The number of fused-ring (bicyclic) bond motifs is 1. The van der Waals surface area contributed by atoms with Crippen molar-refractivity contribution >= 4 is 16.9 Å². The molecule has 30 heavy (non-hydrogen) atoms. The second-order valence-electron chi connectivity index (χ2n) is 6.93. The standard InChI is InChI=1S/C23H29N3O4/c1-5-24-23(26-15(2)22-12-16-8-6-7-9-21(16)30-22)25-14-20(27)17-10-18(28-3)13-19(11-17)29-4/h6-13,15,20,27H,5,14H2,1-4H3,(H2,24,25,26). The summed E-state index contributed by atoms with van der Waals surface area (Å²) in [5.41, 5.74) is 1.53. The molecule has 0 saturated heterocycles. The Morgan fingerprint density at radius 2 is 1.80 bits per heavy atom. The number of aliphatic imine (C=N–C) groups is 1. The lowest BCUT2D eigenvalue weighted by atomic mass is 10.1. The molecule has 1 heterocycles. The highest BCUT2D eigenvalue weighted by molar-refractivity contribution is 5.81. The van der Waals surface area contributed by atoms with Gasteiger partial charge in [-0.2, -0.15) is 0 Å². The SMILES string of the molecule is CCNC(=NCC(O)c1cc(OC)cc(OC)c1)NC(C)c1cc2ccccc2o1. The van der Waals surface area contributed by atoms with Crippen molar-refractivity contribution < 1.29 is 19.0 Å². The van der Waals surface area contributed by atoms with E-state index in [-0.39, 0.29) is 12.6 Å². The van der Waals surface area contributed by atoms with Gasteiger partial charge in [0.2, 0.25) is 0 Å². The molecule has 0 radical (unpaired) electrons. The van der Waals surface area contributed by atoms with Gasteiger partial charge in [-0.3, -0.25) is 4.99 Å². The average Bonchev–Trinajstić information content (AvgIpc) is 3.21. The van der Waals surface area contributed by atoms with Crippen LogP contribution in [0.3, 0.4) is 0 Å². The summed E-state index contributed by atoms with van der Waals surface area (Å²) in [7, 11) is 3.16. The van der Waals surface area contributed by atoms with Gasteiger partial charge in [0.25, 0.3) is 0 Å².